The molecule has 0 saturated heterocycles. The number of pyridine rings is 1. The zero-order valence-corrected chi connectivity index (χ0v) is 22.9. The number of amides is 2. The van der Waals surface area contributed by atoms with E-state index in [2.05, 4.69) is 40.7 Å². The maximum Gasteiger partial charge on any atom is 0.573 e. The fourth-order valence-electron chi connectivity index (χ4n) is 2.93. The molecule has 0 aliphatic carbocycles. The molecule has 0 aliphatic rings. The van der Waals surface area contributed by atoms with E-state index in [4.69, 9.17) is 0 Å². The third kappa shape index (κ3) is 10.1. The molecule has 204 valence electrons. The van der Waals surface area contributed by atoms with Gasteiger partial charge in [0.1, 0.15) is 5.75 Å². The molecule has 0 spiro atoms. The normalized spacial score (nSPS) is 11.3. The first-order valence-corrected chi connectivity index (χ1v) is 14.6. The smallest absolute Gasteiger partial charge is 0.406 e. The summed E-state index contributed by atoms with van der Waals surface area (Å²) in [5, 5.41) is 22.0. The zero-order chi connectivity index (χ0) is 27.7. The zero-order valence-electron chi connectivity index (χ0n) is 19.7. The number of carbonyl (C=O) groups is 2. The molecule has 0 saturated carbocycles. The highest BCUT2D eigenvalue weighted by atomic mass is 32.2. The Bertz CT molecular complexity index is 1400. The number of hydrogen-bond acceptors (Lipinski definition) is 12. The molecular formula is C22H18F3N7O3S4. The molecule has 2 amide bonds. The molecule has 1 aromatic carbocycles. The van der Waals surface area contributed by atoms with E-state index in [1.807, 2.05) is 6.07 Å². The average molecular weight is 614 g/mol. The lowest BCUT2D eigenvalue weighted by atomic mass is 10.1. The van der Waals surface area contributed by atoms with Gasteiger partial charge in [-0.1, -0.05) is 64.4 Å². The minimum absolute atomic E-state index is 0.147. The Balaban J connectivity index is 1.16. The molecule has 3 aromatic heterocycles. The molecule has 4 rings (SSSR count). The van der Waals surface area contributed by atoms with E-state index in [-0.39, 0.29) is 23.9 Å². The van der Waals surface area contributed by atoms with Crippen molar-refractivity contribution in [3.8, 4) is 5.75 Å². The van der Waals surface area contributed by atoms with Gasteiger partial charge in [-0.15, -0.1) is 33.6 Å². The van der Waals surface area contributed by atoms with E-state index < -0.39 is 18.0 Å². The number of rotatable bonds is 12. The maximum atomic E-state index is 12.4. The summed E-state index contributed by atoms with van der Waals surface area (Å²) in [7, 11) is 0. The molecular weight excluding hydrogens is 596 g/mol. The van der Waals surface area contributed by atoms with Gasteiger partial charge in [0.2, 0.25) is 22.1 Å². The van der Waals surface area contributed by atoms with Crippen LogP contribution in [0.1, 0.15) is 11.3 Å². The second-order valence-electron chi connectivity index (χ2n) is 7.41. The predicted octanol–water partition coefficient (Wildman–Crippen LogP) is 4.93. The van der Waals surface area contributed by atoms with Crippen molar-refractivity contribution in [2.75, 3.05) is 22.1 Å². The molecule has 2 N–H and O–H groups in total. The van der Waals surface area contributed by atoms with E-state index in [1.165, 1.54) is 58.3 Å². The number of carbonyl (C=O) groups excluding carboxylic acids is 2. The van der Waals surface area contributed by atoms with Gasteiger partial charge in [0, 0.05) is 23.4 Å². The SMILES string of the molecule is O=C(Cc1cccc(OC(F)(F)F)c1)Nc1nnc(SCCSc2nnc(NC(=O)Cc3ccccn3)s2)s1. The summed E-state index contributed by atoms with van der Waals surface area (Å²) in [6.07, 6.45) is -3.18. The van der Waals surface area contributed by atoms with Crippen molar-refractivity contribution in [2.24, 2.45) is 0 Å². The molecule has 17 heteroatoms. The van der Waals surface area contributed by atoms with Crippen molar-refractivity contribution in [1.82, 2.24) is 25.4 Å². The lowest BCUT2D eigenvalue weighted by molar-refractivity contribution is -0.274. The van der Waals surface area contributed by atoms with Gasteiger partial charge in [-0.25, -0.2) is 0 Å². The number of thioether (sulfide) groups is 2. The molecule has 0 bridgehead atoms. The van der Waals surface area contributed by atoms with Gasteiger partial charge in [-0.2, -0.15) is 0 Å². The van der Waals surface area contributed by atoms with Crippen molar-refractivity contribution in [2.45, 2.75) is 27.9 Å². The number of anilines is 2. The lowest BCUT2D eigenvalue weighted by Gasteiger charge is -2.09. The Kier molecular flexibility index (Phi) is 10.1. The first-order valence-electron chi connectivity index (χ1n) is 11.0. The Hall–Kier alpha value is -3.28. The third-order valence-electron chi connectivity index (χ3n) is 4.40. The fraction of sp³-hybridized carbons (Fsp3) is 0.227. The van der Waals surface area contributed by atoms with Crippen molar-refractivity contribution >= 4 is 68.3 Å². The first-order chi connectivity index (χ1) is 18.7. The van der Waals surface area contributed by atoms with Crippen LogP contribution in [0.4, 0.5) is 23.4 Å². The number of ether oxygens (including phenoxy) is 1. The summed E-state index contributed by atoms with van der Waals surface area (Å²) < 4.78 is 42.4. The van der Waals surface area contributed by atoms with Crippen LogP contribution >= 0.6 is 46.2 Å². The number of hydrogen-bond donors (Lipinski definition) is 2. The molecule has 0 fully saturated rings. The van der Waals surface area contributed by atoms with Crippen LogP contribution in [0.25, 0.3) is 0 Å². The van der Waals surface area contributed by atoms with E-state index in [1.54, 1.807) is 18.3 Å². The van der Waals surface area contributed by atoms with Gasteiger partial charge < -0.3 is 15.4 Å². The van der Waals surface area contributed by atoms with Crippen molar-refractivity contribution in [3.05, 3.63) is 59.9 Å². The summed E-state index contributed by atoms with van der Waals surface area (Å²) in [5.74, 6) is 0.316. The summed E-state index contributed by atoms with van der Waals surface area (Å²) >= 11 is 5.39. The number of nitrogens with one attached hydrogen (secondary N) is 2. The molecule has 0 radical (unpaired) electrons. The highest BCUT2D eigenvalue weighted by molar-refractivity contribution is 8.04. The highest BCUT2D eigenvalue weighted by Crippen LogP contribution is 2.30. The molecule has 39 heavy (non-hydrogen) atoms. The number of nitrogens with zero attached hydrogens (tertiary/aromatic N) is 5. The number of halogens is 3. The number of alkyl halides is 3. The first kappa shape index (κ1) is 28.7. The van der Waals surface area contributed by atoms with Gasteiger partial charge in [0.25, 0.3) is 0 Å². The molecule has 3 heterocycles. The number of benzene rings is 1. The third-order valence-corrected chi connectivity index (χ3v) is 8.61. The lowest BCUT2D eigenvalue weighted by Crippen LogP contribution is -2.17. The van der Waals surface area contributed by atoms with E-state index in [9.17, 15) is 22.8 Å². The monoisotopic (exact) mass is 613 g/mol. The minimum atomic E-state index is -4.81. The topological polar surface area (TPSA) is 132 Å². The summed E-state index contributed by atoms with van der Waals surface area (Å²) in [4.78, 5) is 28.5. The molecule has 10 nitrogen and oxygen atoms in total. The predicted molar refractivity (Wildman–Crippen MR) is 143 cm³/mol. The van der Waals surface area contributed by atoms with E-state index in [0.717, 1.165) is 12.1 Å². The Morgan fingerprint density at radius 1 is 0.846 bits per heavy atom. The minimum Gasteiger partial charge on any atom is -0.406 e. The molecule has 4 aromatic rings. The van der Waals surface area contributed by atoms with Gasteiger partial charge >= 0.3 is 6.36 Å². The quantitative estimate of drug-likeness (QED) is 0.129. The van der Waals surface area contributed by atoms with Crippen molar-refractivity contribution < 1.29 is 27.5 Å². The van der Waals surface area contributed by atoms with Gasteiger partial charge in [-0.3, -0.25) is 14.6 Å². The van der Waals surface area contributed by atoms with Crippen LogP contribution in [0.3, 0.4) is 0 Å². The summed E-state index contributed by atoms with van der Waals surface area (Å²) in [5.41, 5.74) is 1.02. The maximum absolute atomic E-state index is 12.4. The number of aromatic nitrogens is 5. The average Bonchev–Trinajstić information content (AvgIpc) is 3.50. The van der Waals surface area contributed by atoms with Crippen LogP contribution in [0.5, 0.6) is 5.75 Å². The Morgan fingerprint density at radius 3 is 2.08 bits per heavy atom. The molecule has 0 unspecified atom stereocenters. The molecule has 0 atom stereocenters. The van der Waals surface area contributed by atoms with Gasteiger partial charge in [0.05, 0.1) is 12.8 Å². The highest BCUT2D eigenvalue weighted by Gasteiger charge is 2.31. The Morgan fingerprint density at radius 2 is 1.49 bits per heavy atom. The molecule has 0 aliphatic heterocycles. The van der Waals surface area contributed by atoms with Gasteiger partial charge in [-0.05, 0) is 29.8 Å². The largest absolute Gasteiger partial charge is 0.573 e. The van der Waals surface area contributed by atoms with Crippen LogP contribution in [0, 0.1) is 0 Å². The van der Waals surface area contributed by atoms with Crippen molar-refractivity contribution in [3.63, 3.8) is 0 Å². The van der Waals surface area contributed by atoms with Crippen LogP contribution in [-0.4, -0.2) is 55.1 Å². The second-order valence-corrected chi connectivity index (χ2v) is 12.0. The van der Waals surface area contributed by atoms with Crippen LogP contribution in [0.15, 0.2) is 57.3 Å². The standard InChI is InChI=1S/C22H18F3N7O3S4/c23-22(24,25)35-15-6-3-4-13(10-15)11-16(33)27-18-29-31-20(38-18)36-8-9-37-21-32-30-19(39-21)28-17(34)12-14-5-1-2-7-26-14/h1-7,10H,8-9,11-12H2,(H,27,29,33)(H,28,30,34). The van der Waals surface area contributed by atoms with Crippen molar-refractivity contribution in [1.29, 1.82) is 0 Å². The summed E-state index contributed by atoms with van der Waals surface area (Å²) in [6, 6.07) is 10.6. The second kappa shape index (κ2) is 13.7. The van der Waals surface area contributed by atoms with Crippen LogP contribution < -0.4 is 15.4 Å². The van der Waals surface area contributed by atoms with Crippen LogP contribution in [0.2, 0.25) is 0 Å². The fourth-order valence-corrected chi connectivity index (χ4v) is 6.57. The van der Waals surface area contributed by atoms with E-state index >= 15 is 0 Å². The Labute approximate surface area is 236 Å². The summed E-state index contributed by atoms with van der Waals surface area (Å²) in [6.45, 7) is 0. The van der Waals surface area contributed by atoms with E-state index in [0.29, 0.717) is 36.6 Å². The van der Waals surface area contributed by atoms with Gasteiger partial charge in [0.15, 0.2) is 8.68 Å². The van der Waals surface area contributed by atoms with Crippen LogP contribution in [-0.2, 0) is 22.4 Å².